The molecule has 3 N–H and O–H groups in total. The van der Waals surface area contributed by atoms with E-state index in [0.29, 0.717) is 5.56 Å². The molecule has 0 saturated heterocycles. The highest BCUT2D eigenvalue weighted by molar-refractivity contribution is 5.94. The van der Waals surface area contributed by atoms with Crippen molar-refractivity contribution in [3.8, 4) is 5.75 Å². The molecular formula is C19H21N3O3. The molecule has 0 fully saturated rings. The first kappa shape index (κ1) is 18.2. The summed E-state index contributed by atoms with van der Waals surface area (Å²) in [6.45, 7) is 3.90. The Labute approximate surface area is 146 Å². The summed E-state index contributed by atoms with van der Waals surface area (Å²) < 4.78 is 0. The van der Waals surface area contributed by atoms with Crippen molar-refractivity contribution >= 4 is 23.7 Å². The Morgan fingerprint density at radius 2 is 1.80 bits per heavy atom. The molecule has 2 amide bonds. The molecule has 0 saturated carbocycles. The Bertz CT molecular complexity index is 800. The lowest BCUT2D eigenvalue weighted by Gasteiger charge is -2.08. The van der Waals surface area contributed by atoms with Crippen LogP contribution in [0.5, 0.6) is 5.75 Å². The molecule has 0 unspecified atom stereocenters. The van der Waals surface area contributed by atoms with Gasteiger partial charge < -0.3 is 10.4 Å². The molecule has 0 aliphatic carbocycles. The maximum absolute atomic E-state index is 11.9. The minimum atomic E-state index is -0.373. The summed E-state index contributed by atoms with van der Waals surface area (Å²) in [6.07, 6.45) is 1.43. The van der Waals surface area contributed by atoms with Crippen LogP contribution in [0.15, 0.2) is 47.6 Å². The number of phenols is 1. The summed E-state index contributed by atoms with van der Waals surface area (Å²) in [5.74, 6) is -0.525. The van der Waals surface area contributed by atoms with Crippen LogP contribution in [-0.2, 0) is 9.59 Å². The Hall–Kier alpha value is -3.15. The molecule has 0 spiro atoms. The van der Waals surface area contributed by atoms with Gasteiger partial charge in [0.1, 0.15) is 5.75 Å². The number of phenolic OH excluding ortho intramolecular Hbond substituents is 1. The quantitative estimate of drug-likeness (QED) is 0.558. The molecule has 2 rings (SSSR count). The molecule has 0 bridgehead atoms. The van der Waals surface area contributed by atoms with Gasteiger partial charge in [-0.2, -0.15) is 5.10 Å². The maximum Gasteiger partial charge on any atom is 0.240 e. The van der Waals surface area contributed by atoms with Gasteiger partial charge in [0.05, 0.1) is 6.21 Å². The molecule has 0 atom stereocenters. The van der Waals surface area contributed by atoms with Crippen molar-refractivity contribution in [3.05, 3.63) is 59.2 Å². The third-order valence-electron chi connectivity index (χ3n) is 3.56. The van der Waals surface area contributed by atoms with Gasteiger partial charge in [0.25, 0.3) is 0 Å². The number of carbonyl (C=O) groups excluding carboxylic acids is 2. The molecule has 0 aromatic heterocycles. The van der Waals surface area contributed by atoms with Gasteiger partial charge in [-0.1, -0.05) is 29.8 Å². The van der Waals surface area contributed by atoms with Gasteiger partial charge in [-0.3, -0.25) is 9.59 Å². The number of aromatic hydroxyl groups is 1. The number of hydrazone groups is 1. The van der Waals surface area contributed by atoms with E-state index < -0.39 is 0 Å². The number of benzene rings is 2. The summed E-state index contributed by atoms with van der Waals surface area (Å²) in [7, 11) is 0. The van der Waals surface area contributed by atoms with Crippen molar-refractivity contribution in [2.75, 3.05) is 5.32 Å². The van der Waals surface area contributed by atoms with E-state index in [2.05, 4.69) is 15.8 Å². The Balaban J connectivity index is 1.77. The molecule has 0 aliphatic heterocycles. The van der Waals surface area contributed by atoms with E-state index in [-0.39, 0.29) is 30.4 Å². The van der Waals surface area contributed by atoms with Crippen LogP contribution in [0.3, 0.4) is 0 Å². The minimum absolute atomic E-state index is 0.0227. The molecule has 6 nitrogen and oxygen atoms in total. The van der Waals surface area contributed by atoms with Crippen LogP contribution in [0.2, 0.25) is 0 Å². The number of rotatable bonds is 6. The zero-order valence-electron chi connectivity index (χ0n) is 14.2. The number of aryl methyl sites for hydroxylation is 2. The number of amides is 2. The smallest absolute Gasteiger partial charge is 0.240 e. The average Bonchev–Trinajstić information content (AvgIpc) is 2.57. The van der Waals surface area contributed by atoms with Crippen molar-refractivity contribution in [2.45, 2.75) is 26.7 Å². The van der Waals surface area contributed by atoms with Gasteiger partial charge in [-0.25, -0.2) is 5.43 Å². The summed E-state index contributed by atoms with van der Waals surface area (Å²) in [5, 5.41) is 16.1. The van der Waals surface area contributed by atoms with Gasteiger partial charge in [-0.05, 0) is 37.6 Å². The van der Waals surface area contributed by atoms with Gasteiger partial charge in [0, 0.05) is 24.1 Å². The second-order valence-electron chi connectivity index (χ2n) is 5.72. The minimum Gasteiger partial charge on any atom is -0.507 e. The number of nitrogens with zero attached hydrogens (tertiary/aromatic N) is 1. The first-order chi connectivity index (χ1) is 12.0. The molecule has 0 heterocycles. The summed E-state index contributed by atoms with van der Waals surface area (Å²) in [5.41, 5.74) is 5.67. The van der Waals surface area contributed by atoms with Crippen LogP contribution < -0.4 is 10.7 Å². The summed E-state index contributed by atoms with van der Waals surface area (Å²) in [4.78, 5) is 23.7. The fraction of sp³-hybridized carbons (Fsp3) is 0.211. The van der Waals surface area contributed by atoms with E-state index in [1.54, 1.807) is 18.2 Å². The molecule has 25 heavy (non-hydrogen) atoms. The monoisotopic (exact) mass is 339 g/mol. The Morgan fingerprint density at radius 1 is 1.08 bits per heavy atom. The van der Waals surface area contributed by atoms with Crippen LogP contribution in [0, 0.1) is 13.8 Å². The maximum atomic E-state index is 11.9. The predicted octanol–water partition coefficient (Wildman–Crippen LogP) is 2.88. The van der Waals surface area contributed by atoms with Gasteiger partial charge in [0.2, 0.25) is 11.8 Å². The zero-order valence-corrected chi connectivity index (χ0v) is 14.2. The lowest BCUT2D eigenvalue weighted by molar-refractivity contribution is -0.124. The SMILES string of the molecule is Cc1ccc(NC(=O)CCC(=O)N/N=C\c2ccccc2O)c(C)c1. The lowest BCUT2D eigenvalue weighted by atomic mass is 10.1. The second kappa shape index (κ2) is 8.63. The standard InChI is InChI=1S/C19H21N3O3/c1-13-7-8-16(14(2)11-13)21-18(24)9-10-19(25)22-20-12-15-5-3-4-6-17(15)23/h3-8,11-12,23H,9-10H2,1-2H3,(H,21,24)(H,22,25)/b20-12-. The topological polar surface area (TPSA) is 90.8 Å². The van der Waals surface area contributed by atoms with Crippen LogP contribution in [0.4, 0.5) is 5.69 Å². The van der Waals surface area contributed by atoms with E-state index in [9.17, 15) is 14.7 Å². The molecule has 130 valence electrons. The largest absolute Gasteiger partial charge is 0.507 e. The van der Waals surface area contributed by atoms with Crippen LogP contribution in [-0.4, -0.2) is 23.1 Å². The first-order valence-corrected chi connectivity index (χ1v) is 7.92. The zero-order chi connectivity index (χ0) is 18.2. The van der Waals surface area contributed by atoms with E-state index in [1.165, 1.54) is 12.3 Å². The third-order valence-corrected chi connectivity index (χ3v) is 3.56. The van der Waals surface area contributed by atoms with E-state index >= 15 is 0 Å². The van der Waals surface area contributed by atoms with Gasteiger partial charge in [-0.15, -0.1) is 0 Å². The number of para-hydroxylation sites is 1. The highest BCUT2D eigenvalue weighted by atomic mass is 16.3. The molecule has 6 heteroatoms. The fourth-order valence-corrected chi connectivity index (χ4v) is 2.22. The van der Waals surface area contributed by atoms with Crippen molar-refractivity contribution in [3.63, 3.8) is 0 Å². The first-order valence-electron chi connectivity index (χ1n) is 7.92. The van der Waals surface area contributed by atoms with Crippen LogP contribution >= 0.6 is 0 Å². The number of carbonyl (C=O) groups is 2. The second-order valence-corrected chi connectivity index (χ2v) is 5.72. The highest BCUT2D eigenvalue weighted by Gasteiger charge is 2.08. The molecule has 0 radical (unpaired) electrons. The third kappa shape index (κ3) is 5.76. The molecule has 0 aliphatic rings. The average molecular weight is 339 g/mol. The van der Waals surface area contributed by atoms with Crippen LogP contribution in [0.1, 0.15) is 29.5 Å². The summed E-state index contributed by atoms with van der Waals surface area (Å²) >= 11 is 0. The number of anilines is 1. The van der Waals surface area contributed by atoms with Crippen molar-refractivity contribution in [2.24, 2.45) is 5.10 Å². The fourth-order valence-electron chi connectivity index (χ4n) is 2.22. The van der Waals surface area contributed by atoms with E-state index in [1.807, 2.05) is 32.0 Å². The number of hydrogen-bond acceptors (Lipinski definition) is 4. The normalized spacial score (nSPS) is 10.6. The van der Waals surface area contributed by atoms with E-state index in [0.717, 1.165) is 16.8 Å². The predicted molar refractivity (Wildman–Crippen MR) is 97.6 cm³/mol. The Kier molecular flexibility index (Phi) is 6.28. The van der Waals surface area contributed by atoms with E-state index in [4.69, 9.17) is 0 Å². The van der Waals surface area contributed by atoms with Crippen molar-refractivity contribution < 1.29 is 14.7 Å². The lowest BCUT2D eigenvalue weighted by Crippen LogP contribution is -2.20. The highest BCUT2D eigenvalue weighted by Crippen LogP contribution is 2.16. The number of nitrogens with one attached hydrogen (secondary N) is 2. The number of hydrogen-bond donors (Lipinski definition) is 3. The van der Waals surface area contributed by atoms with Gasteiger partial charge in [0.15, 0.2) is 0 Å². The molecule has 2 aromatic carbocycles. The van der Waals surface area contributed by atoms with Crippen molar-refractivity contribution in [1.29, 1.82) is 0 Å². The van der Waals surface area contributed by atoms with Gasteiger partial charge >= 0.3 is 0 Å². The molecular weight excluding hydrogens is 318 g/mol. The van der Waals surface area contributed by atoms with Crippen molar-refractivity contribution in [1.82, 2.24) is 5.43 Å². The Morgan fingerprint density at radius 3 is 2.52 bits per heavy atom. The summed E-state index contributed by atoms with van der Waals surface area (Å²) in [6, 6.07) is 12.4. The molecule has 2 aromatic rings. The van der Waals surface area contributed by atoms with Crippen LogP contribution in [0.25, 0.3) is 0 Å².